The van der Waals surface area contributed by atoms with Crippen molar-refractivity contribution in [1.82, 2.24) is 5.32 Å². The molecule has 0 aromatic heterocycles. The summed E-state index contributed by atoms with van der Waals surface area (Å²) in [5, 5.41) is 22.0. The van der Waals surface area contributed by atoms with E-state index in [2.05, 4.69) is 12.2 Å². The topological polar surface area (TPSA) is 69.6 Å². The molecule has 1 aliphatic rings. The number of amides is 1. The Morgan fingerprint density at radius 1 is 1.33 bits per heavy atom. The molecule has 0 spiro atoms. The summed E-state index contributed by atoms with van der Waals surface area (Å²) in [4.78, 5) is 11.9. The van der Waals surface area contributed by atoms with Gasteiger partial charge in [0.2, 0.25) is 0 Å². The van der Waals surface area contributed by atoms with E-state index in [9.17, 15) is 15.0 Å². The molecule has 1 aliphatic carbocycles. The van der Waals surface area contributed by atoms with Crippen LogP contribution >= 0.6 is 0 Å². The van der Waals surface area contributed by atoms with Gasteiger partial charge in [-0.2, -0.15) is 0 Å². The minimum Gasteiger partial charge on any atom is -0.507 e. The van der Waals surface area contributed by atoms with E-state index in [0.717, 1.165) is 6.42 Å². The van der Waals surface area contributed by atoms with Gasteiger partial charge in [0.05, 0.1) is 0 Å². The highest BCUT2D eigenvalue weighted by molar-refractivity contribution is 5.99. The lowest BCUT2D eigenvalue weighted by Gasteiger charge is -2.16. The minimum atomic E-state index is -0.412. The second kappa shape index (κ2) is 5.29. The molecule has 4 nitrogen and oxygen atoms in total. The zero-order valence-corrected chi connectivity index (χ0v) is 10.5. The van der Waals surface area contributed by atoms with Crippen molar-refractivity contribution in [2.45, 2.75) is 26.2 Å². The van der Waals surface area contributed by atoms with Crippen LogP contribution in [0.4, 0.5) is 0 Å². The fourth-order valence-corrected chi connectivity index (χ4v) is 2.60. The van der Waals surface area contributed by atoms with E-state index in [4.69, 9.17) is 0 Å². The van der Waals surface area contributed by atoms with E-state index >= 15 is 0 Å². The molecular weight excluding hydrogens is 230 g/mol. The lowest BCUT2D eigenvalue weighted by atomic mass is 9.98. The summed E-state index contributed by atoms with van der Waals surface area (Å²) in [6, 6.07) is 4.29. The van der Waals surface area contributed by atoms with E-state index in [1.807, 2.05) is 0 Å². The first-order valence-electron chi connectivity index (χ1n) is 6.38. The summed E-state index contributed by atoms with van der Waals surface area (Å²) in [6.07, 6.45) is 3.56. The monoisotopic (exact) mass is 249 g/mol. The Kier molecular flexibility index (Phi) is 3.75. The molecule has 1 fully saturated rings. The lowest BCUT2D eigenvalue weighted by molar-refractivity contribution is 0.0939. The van der Waals surface area contributed by atoms with Crippen LogP contribution in [0, 0.1) is 11.8 Å². The third kappa shape index (κ3) is 2.58. The molecule has 1 amide bonds. The smallest absolute Gasteiger partial charge is 0.258 e. The fraction of sp³-hybridized carbons (Fsp3) is 0.500. The number of hydrogen-bond acceptors (Lipinski definition) is 3. The Balaban J connectivity index is 1.99. The quantitative estimate of drug-likeness (QED) is 0.769. The maximum Gasteiger partial charge on any atom is 0.258 e. The predicted molar refractivity (Wildman–Crippen MR) is 68.6 cm³/mol. The highest BCUT2D eigenvalue weighted by atomic mass is 16.3. The van der Waals surface area contributed by atoms with E-state index < -0.39 is 5.91 Å². The van der Waals surface area contributed by atoms with Crippen LogP contribution < -0.4 is 5.32 Å². The van der Waals surface area contributed by atoms with Crippen molar-refractivity contribution >= 4 is 5.91 Å². The van der Waals surface area contributed by atoms with Gasteiger partial charge in [-0.3, -0.25) is 4.79 Å². The predicted octanol–water partition coefficient (Wildman–Crippen LogP) is 2.26. The van der Waals surface area contributed by atoms with Crippen LogP contribution in [-0.2, 0) is 0 Å². The van der Waals surface area contributed by atoms with Crippen molar-refractivity contribution in [3.8, 4) is 11.5 Å². The molecule has 0 saturated heterocycles. The van der Waals surface area contributed by atoms with Gasteiger partial charge >= 0.3 is 0 Å². The van der Waals surface area contributed by atoms with Gasteiger partial charge < -0.3 is 15.5 Å². The second-order valence-electron chi connectivity index (χ2n) is 5.05. The van der Waals surface area contributed by atoms with Gasteiger partial charge in [-0.15, -0.1) is 0 Å². The van der Waals surface area contributed by atoms with Crippen molar-refractivity contribution in [2.24, 2.45) is 11.8 Å². The van der Waals surface area contributed by atoms with Crippen LogP contribution in [0.5, 0.6) is 11.5 Å². The summed E-state index contributed by atoms with van der Waals surface area (Å²) >= 11 is 0. The first-order chi connectivity index (χ1) is 8.59. The highest BCUT2D eigenvalue weighted by Crippen LogP contribution is 2.31. The van der Waals surface area contributed by atoms with E-state index in [0.29, 0.717) is 18.4 Å². The van der Waals surface area contributed by atoms with Crippen molar-refractivity contribution in [1.29, 1.82) is 0 Å². The minimum absolute atomic E-state index is 0.0387. The van der Waals surface area contributed by atoms with Crippen LogP contribution in [0.25, 0.3) is 0 Å². The Hall–Kier alpha value is -1.71. The molecule has 0 radical (unpaired) electrons. The van der Waals surface area contributed by atoms with E-state index in [1.165, 1.54) is 31.0 Å². The van der Waals surface area contributed by atoms with E-state index in [-0.39, 0.29) is 17.1 Å². The van der Waals surface area contributed by atoms with Crippen LogP contribution in [0.2, 0.25) is 0 Å². The average molecular weight is 249 g/mol. The van der Waals surface area contributed by atoms with Gasteiger partial charge in [-0.05, 0) is 30.4 Å². The van der Waals surface area contributed by atoms with Crippen molar-refractivity contribution in [3.63, 3.8) is 0 Å². The number of phenols is 2. The number of aromatic hydroxyl groups is 2. The van der Waals surface area contributed by atoms with Crippen molar-refractivity contribution in [3.05, 3.63) is 23.8 Å². The molecule has 0 heterocycles. The lowest BCUT2D eigenvalue weighted by Crippen LogP contribution is -2.30. The molecular formula is C14H19NO3. The molecule has 1 aromatic rings. The highest BCUT2D eigenvalue weighted by Gasteiger charge is 2.24. The maximum absolute atomic E-state index is 11.9. The van der Waals surface area contributed by atoms with Gasteiger partial charge in [0.25, 0.3) is 5.91 Å². The molecule has 18 heavy (non-hydrogen) atoms. The summed E-state index contributed by atoms with van der Waals surface area (Å²) in [7, 11) is 0. The SMILES string of the molecule is CC1CCCC1CNC(=O)c1c(O)cccc1O. The summed E-state index contributed by atoms with van der Waals surface area (Å²) in [5.74, 6) is 0.342. The van der Waals surface area contributed by atoms with Crippen LogP contribution in [0.3, 0.4) is 0 Å². The molecule has 4 heteroatoms. The Morgan fingerprint density at radius 2 is 2.00 bits per heavy atom. The molecule has 3 N–H and O–H groups in total. The largest absolute Gasteiger partial charge is 0.507 e. The average Bonchev–Trinajstić information content (AvgIpc) is 2.72. The first kappa shape index (κ1) is 12.7. The second-order valence-corrected chi connectivity index (χ2v) is 5.05. The molecule has 1 saturated carbocycles. The van der Waals surface area contributed by atoms with Crippen molar-refractivity contribution in [2.75, 3.05) is 6.54 Å². The molecule has 0 bridgehead atoms. The van der Waals surface area contributed by atoms with Gasteiger partial charge in [-0.25, -0.2) is 0 Å². The first-order valence-corrected chi connectivity index (χ1v) is 6.38. The Labute approximate surface area is 107 Å². The summed E-state index contributed by atoms with van der Waals surface area (Å²) in [5.41, 5.74) is -0.0387. The van der Waals surface area contributed by atoms with Crippen LogP contribution in [-0.4, -0.2) is 22.7 Å². The standard InChI is InChI=1S/C14H19NO3/c1-9-4-2-5-10(9)8-15-14(18)13-11(16)6-3-7-12(13)17/h3,6-7,9-10,16-17H,2,4-5,8H2,1H3,(H,15,18). The fourth-order valence-electron chi connectivity index (χ4n) is 2.60. The maximum atomic E-state index is 11.9. The van der Waals surface area contributed by atoms with Crippen molar-refractivity contribution < 1.29 is 15.0 Å². The summed E-state index contributed by atoms with van der Waals surface area (Å²) < 4.78 is 0. The zero-order valence-electron chi connectivity index (χ0n) is 10.5. The van der Waals surface area contributed by atoms with Gasteiger partial charge in [0, 0.05) is 6.54 Å². The number of carbonyl (C=O) groups excluding carboxylic acids is 1. The number of hydrogen-bond donors (Lipinski definition) is 3. The molecule has 2 rings (SSSR count). The van der Waals surface area contributed by atoms with Gasteiger partial charge in [-0.1, -0.05) is 25.8 Å². The normalized spacial score (nSPS) is 22.9. The number of phenolic OH excluding ortho intramolecular Hbond substituents is 2. The number of nitrogens with one attached hydrogen (secondary N) is 1. The number of benzene rings is 1. The zero-order chi connectivity index (χ0) is 13.1. The number of carbonyl (C=O) groups is 1. The Bertz CT molecular complexity index is 424. The summed E-state index contributed by atoms with van der Waals surface area (Å²) in [6.45, 7) is 2.80. The molecule has 0 aliphatic heterocycles. The Morgan fingerprint density at radius 3 is 2.56 bits per heavy atom. The van der Waals surface area contributed by atoms with Gasteiger partial charge in [0.15, 0.2) is 0 Å². The van der Waals surface area contributed by atoms with E-state index in [1.54, 1.807) is 0 Å². The van der Waals surface area contributed by atoms with Gasteiger partial charge in [0.1, 0.15) is 17.1 Å². The third-order valence-corrected chi connectivity index (χ3v) is 3.81. The molecule has 1 aromatic carbocycles. The molecule has 2 atom stereocenters. The van der Waals surface area contributed by atoms with Crippen LogP contribution in [0.15, 0.2) is 18.2 Å². The molecule has 2 unspecified atom stereocenters. The molecule has 98 valence electrons. The number of rotatable bonds is 3. The third-order valence-electron chi connectivity index (χ3n) is 3.81. The van der Waals surface area contributed by atoms with Crippen LogP contribution in [0.1, 0.15) is 36.5 Å².